The number of anilines is 1. The Balaban J connectivity index is 1.75. The lowest BCUT2D eigenvalue weighted by molar-refractivity contribution is 0.102. The minimum absolute atomic E-state index is 0.0135. The van der Waals surface area contributed by atoms with Gasteiger partial charge >= 0.3 is 0 Å². The summed E-state index contributed by atoms with van der Waals surface area (Å²) >= 11 is 0. The van der Waals surface area contributed by atoms with Gasteiger partial charge in [-0.05, 0) is 43.7 Å². The first-order chi connectivity index (χ1) is 13.1. The Hall–Kier alpha value is -3.27. The molecule has 0 fully saturated rings. The van der Waals surface area contributed by atoms with Gasteiger partial charge in [-0.15, -0.1) is 0 Å². The predicted octanol–water partition coefficient (Wildman–Crippen LogP) is 5.31. The van der Waals surface area contributed by atoms with Crippen molar-refractivity contribution in [2.75, 3.05) is 5.32 Å². The highest BCUT2D eigenvalue weighted by Gasteiger charge is 2.15. The van der Waals surface area contributed by atoms with Crippen LogP contribution in [0.3, 0.4) is 0 Å². The van der Waals surface area contributed by atoms with Crippen molar-refractivity contribution in [3.63, 3.8) is 0 Å². The van der Waals surface area contributed by atoms with E-state index in [-0.39, 0.29) is 12.0 Å². The number of ether oxygens (including phenoxy) is 2. The molecule has 0 unspecified atom stereocenters. The minimum atomic E-state index is -0.234. The van der Waals surface area contributed by atoms with E-state index in [1.165, 1.54) is 0 Å². The number of benzene rings is 3. The molecule has 27 heavy (non-hydrogen) atoms. The van der Waals surface area contributed by atoms with Crippen molar-refractivity contribution in [2.24, 2.45) is 0 Å². The predicted molar refractivity (Wildman–Crippen MR) is 107 cm³/mol. The molecule has 0 aliphatic heterocycles. The summed E-state index contributed by atoms with van der Waals surface area (Å²) in [4.78, 5) is 12.8. The largest absolute Gasteiger partial charge is 0.490 e. The number of amides is 1. The molecular weight excluding hydrogens is 338 g/mol. The van der Waals surface area contributed by atoms with Crippen molar-refractivity contribution in [3.05, 3.63) is 90.0 Å². The number of para-hydroxylation sites is 3. The summed E-state index contributed by atoms with van der Waals surface area (Å²) < 4.78 is 11.7. The van der Waals surface area contributed by atoms with Crippen molar-refractivity contribution in [3.8, 4) is 11.5 Å². The minimum Gasteiger partial charge on any atom is -0.490 e. The molecule has 1 amide bonds. The third kappa shape index (κ3) is 5.11. The molecule has 3 rings (SSSR count). The van der Waals surface area contributed by atoms with E-state index in [4.69, 9.17) is 9.47 Å². The fourth-order valence-electron chi connectivity index (χ4n) is 2.63. The molecule has 0 aliphatic carbocycles. The smallest absolute Gasteiger partial charge is 0.259 e. The molecular formula is C23H23NO3. The summed E-state index contributed by atoms with van der Waals surface area (Å²) in [5.41, 5.74) is 2.18. The monoisotopic (exact) mass is 361 g/mol. The summed E-state index contributed by atoms with van der Waals surface area (Å²) in [6, 6.07) is 24.5. The zero-order valence-electron chi connectivity index (χ0n) is 15.5. The van der Waals surface area contributed by atoms with Gasteiger partial charge in [-0.2, -0.15) is 0 Å². The Morgan fingerprint density at radius 2 is 1.48 bits per heavy atom. The van der Waals surface area contributed by atoms with Gasteiger partial charge in [0.25, 0.3) is 5.91 Å². The Kier molecular flexibility index (Phi) is 6.10. The van der Waals surface area contributed by atoms with Crippen LogP contribution in [0, 0.1) is 0 Å². The molecule has 0 atom stereocenters. The number of rotatable bonds is 7. The van der Waals surface area contributed by atoms with E-state index < -0.39 is 0 Å². The second-order valence-corrected chi connectivity index (χ2v) is 6.39. The highest BCUT2D eigenvalue weighted by Crippen LogP contribution is 2.27. The second kappa shape index (κ2) is 8.90. The maximum atomic E-state index is 12.8. The lowest BCUT2D eigenvalue weighted by Crippen LogP contribution is -2.16. The first-order valence-corrected chi connectivity index (χ1v) is 8.96. The maximum Gasteiger partial charge on any atom is 0.259 e. The van der Waals surface area contributed by atoms with Crippen molar-refractivity contribution >= 4 is 11.6 Å². The molecule has 4 nitrogen and oxygen atoms in total. The highest BCUT2D eigenvalue weighted by molar-refractivity contribution is 6.06. The molecule has 0 radical (unpaired) electrons. The normalized spacial score (nSPS) is 10.5. The van der Waals surface area contributed by atoms with E-state index in [2.05, 4.69) is 5.32 Å². The lowest BCUT2D eigenvalue weighted by atomic mass is 10.1. The Morgan fingerprint density at radius 1 is 0.852 bits per heavy atom. The van der Waals surface area contributed by atoms with Gasteiger partial charge < -0.3 is 14.8 Å². The van der Waals surface area contributed by atoms with Crippen LogP contribution in [0.2, 0.25) is 0 Å². The van der Waals surface area contributed by atoms with E-state index >= 15 is 0 Å². The first kappa shape index (κ1) is 18.5. The van der Waals surface area contributed by atoms with Crippen LogP contribution < -0.4 is 14.8 Å². The summed E-state index contributed by atoms with van der Waals surface area (Å²) in [7, 11) is 0. The highest BCUT2D eigenvalue weighted by atomic mass is 16.5. The molecule has 0 spiro atoms. The van der Waals surface area contributed by atoms with Gasteiger partial charge in [-0.25, -0.2) is 0 Å². The van der Waals surface area contributed by atoms with Gasteiger partial charge in [0.15, 0.2) is 0 Å². The molecule has 138 valence electrons. The SMILES string of the molecule is CC(C)Oc1ccccc1C(=O)Nc1ccccc1OCc1ccccc1. The van der Waals surface area contributed by atoms with Crippen LogP contribution in [0.4, 0.5) is 5.69 Å². The third-order valence-electron chi connectivity index (χ3n) is 3.87. The van der Waals surface area contributed by atoms with Crippen LogP contribution in [0.15, 0.2) is 78.9 Å². The van der Waals surface area contributed by atoms with Gasteiger partial charge in [0.1, 0.15) is 18.1 Å². The molecule has 0 aromatic heterocycles. The zero-order chi connectivity index (χ0) is 19.1. The molecule has 3 aromatic rings. The average Bonchev–Trinajstić information content (AvgIpc) is 2.68. The van der Waals surface area contributed by atoms with E-state index in [1.54, 1.807) is 12.1 Å². The molecule has 3 aromatic carbocycles. The first-order valence-electron chi connectivity index (χ1n) is 8.96. The maximum absolute atomic E-state index is 12.8. The van der Waals surface area contributed by atoms with Crippen molar-refractivity contribution < 1.29 is 14.3 Å². The molecule has 0 aliphatic rings. The van der Waals surface area contributed by atoms with Crippen LogP contribution in [0.5, 0.6) is 11.5 Å². The van der Waals surface area contributed by atoms with E-state index in [0.717, 1.165) is 5.56 Å². The summed E-state index contributed by atoms with van der Waals surface area (Å²) in [5, 5.41) is 2.93. The number of carbonyl (C=O) groups is 1. The quantitative estimate of drug-likeness (QED) is 0.621. The summed E-state index contributed by atoms with van der Waals surface area (Å²) in [6.45, 7) is 4.30. The number of carbonyl (C=O) groups excluding carboxylic acids is 1. The van der Waals surface area contributed by atoms with Crippen molar-refractivity contribution in [1.82, 2.24) is 0 Å². The van der Waals surface area contributed by atoms with E-state index in [1.807, 2.05) is 80.6 Å². The second-order valence-electron chi connectivity index (χ2n) is 6.39. The number of hydrogen-bond acceptors (Lipinski definition) is 3. The lowest BCUT2D eigenvalue weighted by Gasteiger charge is -2.15. The molecule has 0 saturated heterocycles. The van der Waals surface area contributed by atoms with Gasteiger partial charge in [-0.3, -0.25) is 4.79 Å². The molecule has 0 bridgehead atoms. The standard InChI is InChI=1S/C23H23NO3/c1-17(2)27-21-14-8-6-12-19(21)23(25)24-20-13-7-9-15-22(20)26-16-18-10-4-3-5-11-18/h3-15,17H,16H2,1-2H3,(H,24,25). The molecule has 1 N–H and O–H groups in total. The van der Waals surface area contributed by atoms with Gasteiger partial charge in [0, 0.05) is 0 Å². The fourth-order valence-corrected chi connectivity index (χ4v) is 2.63. The molecule has 0 saturated carbocycles. The van der Waals surface area contributed by atoms with Crippen LogP contribution >= 0.6 is 0 Å². The molecule has 0 heterocycles. The van der Waals surface area contributed by atoms with Crippen LogP contribution in [0.1, 0.15) is 29.8 Å². The number of hydrogen-bond donors (Lipinski definition) is 1. The fraction of sp³-hybridized carbons (Fsp3) is 0.174. The zero-order valence-corrected chi connectivity index (χ0v) is 15.5. The number of nitrogens with one attached hydrogen (secondary N) is 1. The average molecular weight is 361 g/mol. The van der Waals surface area contributed by atoms with Crippen LogP contribution in [0.25, 0.3) is 0 Å². The van der Waals surface area contributed by atoms with Gasteiger partial charge in [0.05, 0.1) is 17.4 Å². The topological polar surface area (TPSA) is 47.6 Å². The Morgan fingerprint density at radius 3 is 2.22 bits per heavy atom. The van der Waals surface area contributed by atoms with Gasteiger partial charge in [-0.1, -0.05) is 54.6 Å². The Bertz CT molecular complexity index is 891. The summed E-state index contributed by atoms with van der Waals surface area (Å²) in [5.74, 6) is 0.951. The van der Waals surface area contributed by atoms with Gasteiger partial charge in [0.2, 0.25) is 0 Å². The van der Waals surface area contributed by atoms with E-state index in [0.29, 0.717) is 29.4 Å². The van der Waals surface area contributed by atoms with Crippen LogP contribution in [-0.4, -0.2) is 12.0 Å². The van der Waals surface area contributed by atoms with Crippen molar-refractivity contribution in [1.29, 1.82) is 0 Å². The van der Waals surface area contributed by atoms with Crippen LogP contribution in [-0.2, 0) is 6.61 Å². The van der Waals surface area contributed by atoms with Crippen molar-refractivity contribution in [2.45, 2.75) is 26.6 Å². The summed E-state index contributed by atoms with van der Waals surface area (Å²) in [6.07, 6.45) is -0.0135. The molecule has 4 heteroatoms. The third-order valence-corrected chi connectivity index (χ3v) is 3.87. The Labute approximate surface area is 159 Å². The van der Waals surface area contributed by atoms with E-state index in [9.17, 15) is 4.79 Å².